The zero-order valence-corrected chi connectivity index (χ0v) is 17.4. The quantitative estimate of drug-likeness (QED) is 0.365. The van der Waals surface area contributed by atoms with E-state index in [4.69, 9.17) is 32.7 Å². The number of pyridine rings is 1. The second kappa shape index (κ2) is 9.45. The lowest BCUT2D eigenvalue weighted by atomic mass is 10.1. The molecule has 0 bridgehead atoms. The zero-order chi connectivity index (χ0) is 22.6. The molecule has 0 aliphatic rings. The van der Waals surface area contributed by atoms with Crippen LogP contribution in [0.3, 0.4) is 0 Å². The van der Waals surface area contributed by atoms with Gasteiger partial charge in [0.2, 0.25) is 0 Å². The molecular weight excluding hydrogens is 458 g/mol. The molecule has 0 N–H and O–H groups in total. The molecule has 0 amide bonds. The van der Waals surface area contributed by atoms with Gasteiger partial charge in [0, 0.05) is 28.9 Å². The molecular formula is C21H14Cl2F3NO4. The molecule has 162 valence electrons. The van der Waals surface area contributed by atoms with Gasteiger partial charge in [-0.05, 0) is 31.2 Å². The third kappa shape index (κ3) is 6.02. The van der Waals surface area contributed by atoms with Crippen LogP contribution in [0.15, 0.2) is 54.7 Å². The lowest BCUT2D eigenvalue weighted by molar-refractivity contribution is -0.274. The number of alkyl halides is 3. The van der Waals surface area contributed by atoms with E-state index in [9.17, 15) is 18.0 Å². The van der Waals surface area contributed by atoms with Crippen molar-refractivity contribution < 1.29 is 32.2 Å². The van der Waals surface area contributed by atoms with Gasteiger partial charge in [-0.25, -0.2) is 4.79 Å². The van der Waals surface area contributed by atoms with Crippen LogP contribution in [0, 0.1) is 0 Å². The number of carbonyl (C=O) groups excluding carboxylic acids is 1. The summed E-state index contributed by atoms with van der Waals surface area (Å²) in [6.45, 7) is 1.76. The van der Waals surface area contributed by atoms with Crippen molar-refractivity contribution in [3.63, 3.8) is 0 Å². The Balaban J connectivity index is 1.99. The highest BCUT2D eigenvalue weighted by atomic mass is 35.5. The van der Waals surface area contributed by atoms with Crippen LogP contribution >= 0.6 is 23.2 Å². The van der Waals surface area contributed by atoms with Crippen LogP contribution in [0.25, 0.3) is 11.3 Å². The number of hydrogen-bond acceptors (Lipinski definition) is 5. The number of rotatable bonds is 6. The van der Waals surface area contributed by atoms with Gasteiger partial charge in [-0.2, -0.15) is 0 Å². The van der Waals surface area contributed by atoms with Crippen LogP contribution in [-0.2, 0) is 4.74 Å². The molecule has 0 atom stereocenters. The van der Waals surface area contributed by atoms with Crippen LogP contribution in [0.1, 0.15) is 17.3 Å². The molecule has 10 heteroatoms. The Morgan fingerprint density at radius 3 is 2.48 bits per heavy atom. The number of carbonyl (C=O) groups is 1. The summed E-state index contributed by atoms with van der Waals surface area (Å²) < 4.78 is 51.8. The summed E-state index contributed by atoms with van der Waals surface area (Å²) in [5.41, 5.74) is 1.12. The predicted octanol–water partition coefficient (Wildman–Crippen LogP) is 6.92. The molecule has 0 spiro atoms. The normalized spacial score (nSPS) is 11.2. The minimum atomic E-state index is -4.86. The van der Waals surface area contributed by atoms with Crippen LogP contribution in [0.2, 0.25) is 10.0 Å². The first-order valence-corrected chi connectivity index (χ1v) is 9.58. The van der Waals surface area contributed by atoms with Crippen molar-refractivity contribution in [2.45, 2.75) is 13.3 Å². The molecule has 5 nitrogen and oxygen atoms in total. The Kier molecular flexibility index (Phi) is 6.92. The standard InChI is InChI=1S/C21H14Cl2F3NO4/c1-2-29-20(28)15-11-27-17(12-4-3-5-13(22)8-12)10-19(15)30-18-7-6-14(9-16(18)23)31-21(24,25)26/h3-11H,2H2,1H3. The first-order valence-electron chi connectivity index (χ1n) is 8.82. The molecule has 0 radical (unpaired) electrons. The number of nitrogens with zero attached hydrogens (tertiary/aromatic N) is 1. The molecule has 0 fully saturated rings. The van der Waals surface area contributed by atoms with Crippen molar-refractivity contribution >= 4 is 29.2 Å². The number of esters is 1. The Bertz CT molecular complexity index is 1110. The first kappa shape index (κ1) is 22.7. The molecule has 0 aliphatic heterocycles. The number of hydrogen-bond donors (Lipinski definition) is 0. The van der Waals surface area contributed by atoms with Crippen LogP contribution < -0.4 is 9.47 Å². The van der Waals surface area contributed by atoms with Crippen molar-refractivity contribution in [1.82, 2.24) is 4.98 Å². The number of benzene rings is 2. The monoisotopic (exact) mass is 471 g/mol. The van der Waals surface area contributed by atoms with Gasteiger partial charge in [0.05, 0.1) is 17.3 Å². The fourth-order valence-corrected chi connectivity index (χ4v) is 2.97. The van der Waals surface area contributed by atoms with E-state index in [1.54, 1.807) is 31.2 Å². The largest absolute Gasteiger partial charge is 0.573 e. The summed E-state index contributed by atoms with van der Waals surface area (Å²) >= 11 is 12.1. The average Bonchev–Trinajstić information content (AvgIpc) is 2.69. The number of ether oxygens (including phenoxy) is 3. The maximum atomic E-state index is 12.4. The fourth-order valence-electron chi connectivity index (χ4n) is 2.57. The maximum absolute atomic E-state index is 12.4. The number of halogens is 5. The Hall–Kier alpha value is -2.97. The summed E-state index contributed by atoms with van der Waals surface area (Å²) in [4.78, 5) is 16.6. The van der Waals surface area contributed by atoms with Crippen molar-refractivity contribution in [2.75, 3.05) is 6.61 Å². The molecule has 3 aromatic rings. The summed E-state index contributed by atoms with van der Waals surface area (Å²) in [6, 6.07) is 11.5. The van der Waals surface area contributed by atoms with E-state index in [1.807, 2.05) is 0 Å². The molecule has 3 rings (SSSR count). The molecule has 0 aliphatic carbocycles. The van der Waals surface area contributed by atoms with Gasteiger partial charge in [0.15, 0.2) is 0 Å². The van der Waals surface area contributed by atoms with Gasteiger partial charge in [-0.3, -0.25) is 4.98 Å². The summed E-state index contributed by atoms with van der Waals surface area (Å²) in [6.07, 6.45) is -3.58. The summed E-state index contributed by atoms with van der Waals surface area (Å²) in [5.74, 6) is -1.14. The third-order valence-corrected chi connectivity index (χ3v) is 4.37. The molecule has 31 heavy (non-hydrogen) atoms. The SMILES string of the molecule is CCOC(=O)c1cnc(-c2cccc(Cl)c2)cc1Oc1ccc(OC(F)(F)F)cc1Cl. The second-order valence-corrected chi connectivity index (χ2v) is 6.88. The van der Waals surface area contributed by atoms with Gasteiger partial charge >= 0.3 is 12.3 Å². The summed E-state index contributed by atoms with van der Waals surface area (Å²) in [7, 11) is 0. The van der Waals surface area contributed by atoms with Crippen LogP contribution in [0.4, 0.5) is 13.2 Å². The van der Waals surface area contributed by atoms with Gasteiger partial charge in [-0.15, -0.1) is 13.2 Å². The zero-order valence-electron chi connectivity index (χ0n) is 15.9. The average molecular weight is 472 g/mol. The molecule has 0 saturated carbocycles. The minimum absolute atomic E-state index is 0.00461. The highest BCUT2D eigenvalue weighted by molar-refractivity contribution is 6.32. The summed E-state index contributed by atoms with van der Waals surface area (Å²) in [5, 5.41) is 0.331. The van der Waals surface area contributed by atoms with E-state index in [0.29, 0.717) is 16.3 Å². The lowest BCUT2D eigenvalue weighted by Crippen LogP contribution is -2.17. The van der Waals surface area contributed by atoms with Crippen molar-refractivity contribution in [3.05, 3.63) is 70.3 Å². The Morgan fingerprint density at radius 1 is 1.06 bits per heavy atom. The topological polar surface area (TPSA) is 57.7 Å². The van der Waals surface area contributed by atoms with Crippen LogP contribution in [0.5, 0.6) is 17.2 Å². The van der Waals surface area contributed by atoms with Crippen LogP contribution in [-0.4, -0.2) is 23.9 Å². The second-order valence-electron chi connectivity index (χ2n) is 6.04. The van der Waals surface area contributed by atoms with Gasteiger partial charge < -0.3 is 14.2 Å². The molecule has 1 aromatic heterocycles. The lowest BCUT2D eigenvalue weighted by Gasteiger charge is -2.14. The molecule has 0 saturated heterocycles. The predicted molar refractivity (Wildman–Crippen MR) is 109 cm³/mol. The Labute approximate surface area is 185 Å². The van der Waals surface area contributed by atoms with E-state index in [-0.39, 0.29) is 28.7 Å². The molecule has 0 unspecified atom stereocenters. The van der Waals surface area contributed by atoms with E-state index >= 15 is 0 Å². The molecule has 1 heterocycles. The van der Waals surface area contributed by atoms with E-state index in [0.717, 1.165) is 12.1 Å². The van der Waals surface area contributed by atoms with Crippen molar-refractivity contribution in [1.29, 1.82) is 0 Å². The van der Waals surface area contributed by atoms with Crippen molar-refractivity contribution in [3.8, 4) is 28.5 Å². The minimum Gasteiger partial charge on any atom is -0.462 e. The van der Waals surface area contributed by atoms with Gasteiger partial charge in [-0.1, -0.05) is 35.3 Å². The highest BCUT2D eigenvalue weighted by Gasteiger charge is 2.31. The van der Waals surface area contributed by atoms with E-state index < -0.39 is 18.1 Å². The highest BCUT2D eigenvalue weighted by Crippen LogP contribution is 2.37. The fraction of sp³-hybridized carbons (Fsp3) is 0.143. The first-order chi connectivity index (χ1) is 14.7. The van der Waals surface area contributed by atoms with E-state index in [1.165, 1.54) is 18.3 Å². The van der Waals surface area contributed by atoms with Gasteiger partial charge in [0.1, 0.15) is 22.8 Å². The van der Waals surface area contributed by atoms with Crippen molar-refractivity contribution in [2.24, 2.45) is 0 Å². The third-order valence-electron chi connectivity index (χ3n) is 3.84. The van der Waals surface area contributed by atoms with E-state index in [2.05, 4.69) is 9.72 Å². The maximum Gasteiger partial charge on any atom is 0.573 e. The number of aromatic nitrogens is 1. The smallest absolute Gasteiger partial charge is 0.462 e. The molecule has 2 aromatic carbocycles. The Morgan fingerprint density at radius 2 is 1.84 bits per heavy atom. The van der Waals surface area contributed by atoms with Gasteiger partial charge in [0.25, 0.3) is 0 Å².